The Morgan fingerprint density at radius 2 is 0.701 bits per heavy atom. The quantitative estimate of drug-likeness (QED) is 0.0137. The minimum Gasteiger partial charge on any atom is -0.370 e. The lowest BCUT2D eigenvalue weighted by Gasteiger charge is -2.18. The average Bonchev–Trinajstić information content (AvgIpc) is 3.29. The highest BCUT2D eigenvalue weighted by Crippen LogP contribution is 2.29. The van der Waals surface area contributed by atoms with Gasteiger partial charge in [0.1, 0.15) is 0 Å². The number of hydrogen-bond donors (Lipinski definition) is 8. The summed E-state index contributed by atoms with van der Waals surface area (Å²) in [6, 6.07) is 3.75. The first-order valence-electron chi connectivity index (χ1n) is 28.6. The van der Waals surface area contributed by atoms with Crippen molar-refractivity contribution < 1.29 is 13.0 Å². The Bertz CT molecular complexity index is 1350. The zero-order valence-corrected chi connectivity index (χ0v) is 45.1. The Morgan fingerprint density at radius 1 is 0.418 bits per heavy atom. The van der Waals surface area contributed by atoms with Gasteiger partial charge < -0.3 is 27.4 Å². The van der Waals surface area contributed by atoms with E-state index in [1.807, 2.05) is 6.07 Å². The normalized spacial score (nSPS) is 11.4. The maximum atomic E-state index is 12.5. The van der Waals surface area contributed by atoms with Crippen LogP contribution in [0.4, 0.5) is 0 Å². The van der Waals surface area contributed by atoms with Crippen LogP contribution in [-0.2, 0) is 29.4 Å². The lowest BCUT2D eigenvalue weighted by atomic mass is 9.90. The Balaban J connectivity index is 0.00000173. The summed E-state index contributed by atoms with van der Waals surface area (Å²) in [6.07, 6.45) is 51.1. The molecule has 0 fully saturated rings. The molecule has 1 aromatic rings. The number of hydrogen-bond acceptors (Lipinski definition) is 5. The third-order valence-electron chi connectivity index (χ3n) is 13.3. The average molecular weight is 963 g/mol. The van der Waals surface area contributed by atoms with Crippen LogP contribution in [0.5, 0.6) is 0 Å². The molecule has 1 rings (SSSR count). The summed E-state index contributed by atoms with van der Waals surface area (Å²) in [5.74, 6) is 0.127. The number of nitrogens with two attached hydrogens (primary N) is 2. The highest BCUT2D eigenvalue weighted by molar-refractivity contribution is 7.85. The van der Waals surface area contributed by atoms with E-state index in [4.69, 9.17) is 22.3 Å². The Kier molecular flexibility index (Phi) is 46.9. The summed E-state index contributed by atoms with van der Waals surface area (Å²) in [5.41, 5.74) is 13.9. The maximum absolute atomic E-state index is 12.5. The van der Waals surface area contributed by atoms with Gasteiger partial charge in [0.15, 0.2) is 11.9 Å². The maximum Gasteiger partial charge on any atom is 0.294 e. The molecule has 0 aliphatic carbocycles. The third-order valence-corrected chi connectivity index (χ3v) is 14.3. The standard InChI is InChI=1S/C42H78O3S.C14H33N7/c1-4-7-10-13-16-19-22-25-28-31-34-39-37-38-42(46(43,44)45)41(36-33-30-27-24-21-18-15-12-9-6-3)40(39)35-32-29-26-23-20-17-14-11-8-5-2;15-13(16)20-11-7-3-1-5-9-19-10-6-2-4-8-12-21-14(17)18/h37-38H,4-36H2,1-3H3,(H,43,44,45);19H,1-12H2,(H4,15,16,20)(H4,17,18,21). The predicted molar refractivity (Wildman–Crippen MR) is 293 cm³/mol. The summed E-state index contributed by atoms with van der Waals surface area (Å²) in [5, 5.41) is 23.1. The fraction of sp³-hybridized carbons (Fsp3) is 0.857. The van der Waals surface area contributed by atoms with E-state index in [9.17, 15) is 13.0 Å². The van der Waals surface area contributed by atoms with E-state index in [0.29, 0.717) is 0 Å². The predicted octanol–water partition coefficient (Wildman–Crippen LogP) is 15.0. The van der Waals surface area contributed by atoms with Gasteiger partial charge in [-0.25, -0.2) is 0 Å². The van der Waals surface area contributed by atoms with Crippen molar-refractivity contribution in [3.63, 3.8) is 0 Å². The highest BCUT2D eigenvalue weighted by atomic mass is 32.2. The largest absolute Gasteiger partial charge is 0.370 e. The van der Waals surface area contributed by atoms with Gasteiger partial charge in [0.25, 0.3) is 10.1 Å². The molecular formula is C56H111N7O3S. The molecule has 0 spiro atoms. The van der Waals surface area contributed by atoms with Gasteiger partial charge in [-0.05, 0) is 100 Å². The molecular weight excluding hydrogens is 851 g/mol. The van der Waals surface area contributed by atoms with Crippen LogP contribution in [0, 0.1) is 10.8 Å². The number of aryl methyl sites for hydroxylation is 1. The van der Waals surface area contributed by atoms with Gasteiger partial charge in [0, 0.05) is 13.1 Å². The van der Waals surface area contributed by atoms with Crippen LogP contribution in [0.3, 0.4) is 0 Å². The van der Waals surface area contributed by atoms with E-state index in [1.54, 1.807) is 6.07 Å². The van der Waals surface area contributed by atoms with Crippen molar-refractivity contribution in [2.75, 3.05) is 26.2 Å². The van der Waals surface area contributed by atoms with Crippen LogP contribution in [-0.4, -0.2) is 51.1 Å². The molecule has 0 saturated carbocycles. The van der Waals surface area contributed by atoms with E-state index >= 15 is 0 Å². The molecule has 0 unspecified atom stereocenters. The van der Waals surface area contributed by atoms with Crippen LogP contribution in [0.1, 0.15) is 281 Å². The summed E-state index contributed by atoms with van der Waals surface area (Å²) in [7, 11) is -4.23. The van der Waals surface area contributed by atoms with Crippen molar-refractivity contribution >= 4 is 22.0 Å². The summed E-state index contributed by atoms with van der Waals surface area (Å²) in [6.45, 7) is 10.6. The Hall–Kier alpha value is -2.37. The first-order valence-corrected chi connectivity index (χ1v) is 30.0. The highest BCUT2D eigenvalue weighted by Gasteiger charge is 2.21. The summed E-state index contributed by atoms with van der Waals surface area (Å²) < 4.78 is 35.3. The summed E-state index contributed by atoms with van der Waals surface area (Å²) in [4.78, 5) is 0.178. The molecule has 10 N–H and O–H groups in total. The molecule has 0 bridgehead atoms. The molecule has 0 aliphatic rings. The Labute approximate surface area is 415 Å². The molecule has 394 valence electrons. The first kappa shape index (κ1) is 64.6. The second-order valence-electron chi connectivity index (χ2n) is 19.7. The lowest BCUT2D eigenvalue weighted by Crippen LogP contribution is -2.30. The Morgan fingerprint density at radius 3 is 1.03 bits per heavy atom. The molecule has 67 heavy (non-hydrogen) atoms. The SMILES string of the molecule is CCCCCCCCCCCCc1ccc(S(=O)(=O)O)c(CCCCCCCCCCCC)c1CCCCCCCCCCCC.N=C(N)NCCCCCCNCCCCCCNC(=N)N. The van der Waals surface area contributed by atoms with E-state index in [-0.39, 0.29) is 16.8 Å². The molecule has 1 aromatic carbocycles. The molecule has 11 heteroatoms. The van der Waals surface area contributed by atoms with Crippen molar-refractivity contribution in [3.05, 3.63) is 28.8 Å². The minimum absolute atomic E-state index is 0.0636. The first-order chi connectivity index (χ1) is 32.6. The van der Waals surface area contributed by atoms with E-state index in [2.05, 4.69) is 36.7 Å². The second kappa shape index (κ2) is 48.6. The van der Waals surface area contributed by atoms with Crippen LogP contribution >= 0.6 is 0 Å². The molecule has 0 aliphatic heterocycles. The van der Waals surface area contributed by atoms with Crippen molar-refractivity contribution in [1.82, 2.24) is 16.0 Å². The topological polar surface area (TPSA) is 190 Å². The van der Waals surface area contributed by atoms with Gasteiger partial charge in [0.2, 0.25) is 0 Å². The van der Waals surface area contributed by atoms with Gasteiger partial charge in [-0.1, -0.05) is 226 Å². The number of nitrogens with one attached hydrogen (secondary N) is 5. The number of rotatable bonds is 48. The smallest absolute Gasteiger partial charge is 0.294 e. The lowest BCUT2D eigenvalue weighted by molar-refractivity contribution is 0.481. The zero-order chi connectivity index (χ0) is 49.3. The van der Waals surface area contributed by atoms with Gasteiger partial charge in [-0.2, -0.15) is 8.42 Å². The third kappa shape index (κ3) is 43.4. The van der Waals surface area contributed by atoms with Crippen LogP contribution in [0.2, 0.25) is 0 Å². The van der Waals surface area contributed by atoms with Crippen LogP contribution < -0.4 is 27.4 Å². The summed E-state index contributed by atoms with van der Waals surface area (Å²) >= 11 is 0. The number of benzene rings is 1. The second-order valence-corrected chi connectivity index (χ2v) is 21.1. The minimum atomic E-state index is -4.23. The fourth-order valence-corrected chi connectivity index (χ4v) is 9.97. The number of guanidine groups is 2. The van der Waals surface area contributed by atoms with Gasteiger partial charge in [0.05, 0.1) is 4.90 Å². The number of unbranched alkanes of at least 4 members (excludes halogenated alkanes) is 33. The van der Waals surface area contributed by atoms with Gasteiger partial charge in [-0.15, -0.1) is 0 Å². The molecule has 0 atom stereocenters. The van der Waals surface area contributed by atoms with Crippen LogP contribution in [0.25, 0.3) is 0 Å². The zero-order valence-electron chi connectivity index (χ0n) is 44.3. The molecule has 0 radical (unpaired) electrons. The van der Waals surface area contributed by atoms with E-state index < -0.39 is 10.1 Å². The van der Waals surface area contributed by atoms with Gasteiger partial charge in [-0.3, -0.25) is 15.4 Å². The molecule has 10 nitrogen and oxygen atoms in total. The van der Waals surface area contributed by atoms with Crippen molar-refractivity contribution in [2.24, 2.45) is 11.5 Å². The van der Waals surface area contributed by atoms with E-state index in [1.165, 1.54) is 223 Å². The molecule has 0 aromatic heterocycles. The monoisotopic (exact) mass is 962 g/mol. The molecule has 0 amide bonds. The van der Waals surface area contributed by atoms with Gasteiger partial charge >= 0.3 is 0 Å². The fourth-order valence-electron chi connectivity index (χ4n) is 9.19. The van der Waals surface area contributed by atoms with E-state index in [0.717, 1.165) is 83.1 Å². The molecule has 0 saturated heterocycles. The van der Waals surface area contributed by atoms with Crippen molar-refractivity contribution in [1.29, 1.82) is 10.8 Å². The van der Waals surface area contributed by atoms with Crippen LogP contribution in [0.15, 0.2) is 17.0 Å². The van der Waals surface area contributed by atoms with Crippen molar-refractivity contribution in [2.45, 2.75) is 289 Å². The van der Waals surface area contributed by atoms with Crippen molar-refractivity contribution in [3.8, 4) is 0 Å². The molecule has 0 heterocycles.